The van der Waals surface area contributed by atoms with Crippen molar-refractivity contribution in [3.63, 3.8) is 0 Å². The van der Waals surface area contributed by atoms with Gasteiger partial charge in [-0.25, -0.2) is 0 Å². The van der Waals surface area contributed by atoms with Crippen LogP contribution in [0.4, 0.5) is 0 Å². The molecule has 0 atom stereocenters. The molecule has 0 unspecified atom stereocenters. The Morgan fingerprint density at radius 3 is 1.94 bits per heavy atom. The molecule has 0 aliphatic carbocycles. The zero-order valence-electron chi connectivity index (χ0n) is 12.1. The van der Waals surface area contributed by atoms with E-state index in [0.717, 1.165) is 25.6 Å². The Balaban J connectivity index is 4.30. The zero-order chi connectivity index (χ0) is 13.1. The highest BCUT2D eigenvalue weighted by Crippen LogP contribution is 2.17. The molecule has 0 rings (SSSR count). The van der Waals surface area contributed by atoms with Gasteiger partial charge in [0.1, 0.15) is 0 Å². The average Bonchev–Trinajstić information content (AvgIpc) is 2.26. The maximum atomic E-state index is 5.93. The van der Waals surface area contributed by atoms with Crippen molar-refractivity contribution in [1.82, 2.24) is 4.90 Å². The maximum absolute atomic E-state index is 5.93. The fraction of sp³-hybridized carbons (Fsp3) is 1.00. The minimum Gasteiger partial charge on any atom is -0.393 e. The Hall–Kier alpha value is 0.0569. The molecule has 0 N–H and O–H groups in total. The number of hydrogen-bond donors (Lipinski definition) is 0. The van der Waals surface area contributed by atoms with Crippen molar-refractivity contribution in [3.8, 4) is 0 Å². The van der Waals surface area contributed by atoms with Crippen LogP contribution < -0.4 is 0 Å². The van der Waals surface area contributed by atoms with Gasteiger partial charge < -0.3 is 18.5 Å². The van der Waals surface area contributed by atoms with E-state index < -0.39 is 8.56 Å². The molecular formula is C12H29NO3Si. The van der Waals surface area contributed by atoms with E-state index in [2.05, 4.69) is 19.0 Å². The van der Waals surface area contributed by atoms with Crippen molar-refractivity contribution in [2.75, 3.05) is 46.7 Å². The van der Waals surface area contributed by atoms with Crippen molar-refractivity contribution in [1.29, 1.82) is 0 Å². The fourth-order valence-electron chi connectivity index (χ4n) is 1.79. The van der Waals surface area contributed by atoms with E-state index in [-0.39, 0.29) is 0 Å². The van der Waals surface area contributed by atoms with Crippen LogP contribution in [0.1, 0.15) is 27.2 Å². The van der Waals surface area contributed by atoms with Crippen LogP contribution in [-0.2, 0) is 13.6 Å². The molecule has 0 aliphatic heterocycles. The summed E-state index contributed by atoms with van der Waals surface area (Å²) in [6.07, 6.45) is 1.75. The van der Waals surface area contributed by atoms with Crippen LogP contribution in [0.25, 0.3) is 0 Å². The van der Waals surface area contributed by atoms with E-state index in [1.807, 2.05) is 20.8 Å². The summed E-state index contributed by atoms with van der Waals surface area (Å²) in [5, 5.41) is 0. The minimum absolute atomic E-state index is 0.651. The molecule has 0 saturated carbocycles. The second-order valence-electron chi connectivity index (χ2n) is 4.32. The third kappa shape index (κ3) is 7.89. The van der Waals surface area contributed by atoms with Crippen LogP contribution in [-0.4, -0.2) is 60.2 Å². The number of rotatable bonds is 11. The van der Waals surface area contributed by atoms with E-state index in [0.29, 0.717) is 19.4 Å². The molecule has 0 fully saturated rings. The van der Waals surface area contributed by atoms with Crippen LogP contribution in [0.2, 0.25) is 6.04 Å². The monoisotopic (exact) mass is 263 g/mol. The highest BCUT2D eigenvalue weighted by Gasteiger charge is 2.37. The molecule has 0 saturated heterocycles. The Kier molecular flexibility index (Phi) is 10.1. The topological polar surface area (TPSA) is 30.9 Å². The molecule has 0 aromatic heterocycles. The number of hydrogen-bond acceptors (Lipinski definition) is 4. The number of nitrogens with zero attached hydrogens (tertiary/aromatic N) is 1. The van der Waals surface area contributed by atoms with Crippen molar-refractivity contribution >= 4 is 8.56 Å². The van der Waals surface area contributed by atoms with Gasteiger partial charge in [0.2, 0.25) is 0 Å². The van der Waals surface area contributed by atoms with Gasteiger partial charge in [-0.05, 0) is 53.9 Å². The Labute approximate surface area is 107 Å². The minimum atomic E-state index is -2.13. The molecule has 17 heavy (non-hydrogen) atoms. The predicted molar refractivity (Wildman–Crippen MR) is 73.5 cm³/mol. The quantitative estimate of drug-likeness (QED) is 0.534. The SMILES string of the molecule is CCOC[Si](CCCN(C)C)(OCC)OCC. The molecule has 4 nitrogen and oxygen atoms in total. The van der Waals surface area contributed by atoms with E-state index in [4.69, 9.17) is 13.6 Å². The lowest BCUT2D eigenvalue weighted by molar-refractivity contribution is 0.110. The number of ether oxygens (including phenoxy) is 1. The van der Waals surface area contributed by atoms with Crippen molar-refractivity contribution in [2.45, 2.75) is 33.2 Å². The molecule has 5 heteroatoms. The van der Waals surface area contributed by atoms with Gasteiger partial charge in [0.15, 0.2) is 0 Å². The van der Waals surface area contributed by atoms with Gasteiger partial charge in [-0.2, -0.15) is 0 Å². The standard InChI is InChI=1S/C12H29NO3Si/c1-6-14-12-17(15-7-2,16-8-3)11-9-10-13(4)5/h6-12H2,1-5H3. The first kappa shape index (κ1) is 17.1. The second-order valence-corrected chi connectivity index (χ2v) is 7.51. The average molecular weight is 263 g/mol. The molecule has 0 radical (unpaired) electrons. The van der Waals surface area contributed by atoms with Gasteiger partial charge in [-0.1, -0.05) is 0 Å². The second kappa shape index (κ2) is 10.0. The lowest BCUT2D eigenvalue weighted by Gasteiger charge is -2.30. The highest BCUT2D eigenvalue weighted by molar-refractivity contribution is 6.67. The Morgan fingerprint density at radius 2 is 1.53 bits per heavy atom. The maximum Gasteiger partial charge on any atom is 0.364 e. The molecule has 0 aliphatic rings. The van der Waals surface area contributed by atoms with Gasteiger partial charge >= 0.3 is 8.56 Å². The third-order valence-corrected chi connectivity index (χ3v) is 5.89. The van der Waals surface area contributed by atoms with Gasteiger partial charge in [0.25, 0.3) is 0 Å². The largest absolute Gasteiger partial charge is 0.393 e. The third-order valence-electron chi connectivity index (χ3n) is 2.50. The first-order valence-corrected chi connectivity index (χ1v) is 8.83. The van der Waals surface area contributed by atoms with Gasteiger partial charge in [0.05, 0.1) is 6.23 Å². The van der Waals surface area contributed by atoms with Crippen molar-refractivity contribution in [3.05, 3.63) is 0 Å². The summed E-state index contributed by atoms with van der Waals surface area (Å²) in [5.41, 5.74) is 0. The molecule has 0 spiro atoms. The summed E-state index contributed by atoms with van der Waals surface area (Å²) in [5.74, 6) is 0. The molecular weight excluding hydrogens is 234 g/mol. The summed E-state index contributed by atoms with van der Waals surface area (Å²) in [6, 6.07) is 1.01. The summed E-state index contributed by atoms with van der Waals surface area (Å²) in [7, 11) is 2.05. The van der Waals surface area contributed by atoms with Crippen LogP contribution in [0.5, 0.6) is 0 Å². The van der Waals surface area contributed by atoms with Crippen molar-refractivity contribution in [2.24, 2.45) is 0 Å². The van der Waals surface area contributed by atoms with Crippen molar-refractivity contribution < 1.29 is 13.6 Å². The predicted octanol–water partition coefficient (Wildman–Crippen LogP) is 2.03. The summed E-state index contributed by atoms with van der Waals surface area (Å²) in [6.45, 7) is 9.28. The Bertz CT molecular complexity index is 173. The van der Waals surface area contributed by atoms with Gasteiger partial charge in [-0.15, -0.1) is 0 Å². The molecule has 0 heterocycles. The summed E-state index contributed by atoms with van der Waals surface area (Å²) in [4.78, 5) is 2.19. The Morgan fingerprint density at radius 1 is 0.941 bits per heavy atom. The van der Waals surface area contributed by atoms with E-state index in [9.17, 15) is 0 Å². The first-order chi connectivity index (χ1) is 8.10. The highest BCUT2D eigenvalue weighted by atomic mass is 28.4. The van der Waals surface area contributed by atoms with E-state index >= 15 is 0 Å². The molecule has 0 aromatic rings. The lowest BCUT2D eigenvalue weighted by atomic mass is 10.5. The molecule has 104 valence electrons. The summed E-state index contributed by atoms with van der Waals surface area (Å²) < 4.78 is 17.4. The van der Waals surface area contributed by atoms with E-state index in [1.54, 1.807) is 0 Å². The lowest BCUT2D eigenvalue weighted by Crippen LogP contribution is -2.48. The van der Waals surface area contributed by atoms with E-state index in [1.165, 1.54) is 0 Å². The van der Waals surface area contributed by atoms with Crippen LogP contribution >= 0.6 is 0 Å². The molecule has 0 aromatic carbocycles. The van der Waals surface area contributed by atoms with Gasteiger partial charge in [0, 0.05) is 19.8 Å². The zero-order valence-corrected chi connectivity index (χ0v) is 13.1. The molecule has 0 bridgehead atoms. The smallest absolute Gasteiger partial charge is 0.364 e. The fourth-order valence-corrected chi connectivity index (χ4v) is 4.74. The van der Waals surface area contributed by atoms with Crippen LogP contribution in [0.15, 0.2) is 0 Å². The normalized spacial score (nSPS) is 12.4. The first-order valence-electron chi connectivity index (χ1n) is 6.60. The van der Waals surface area contributed by atoms with Crippen LogP contribution in [0.3, 0.4) is 0 Å². The summed E-state index contributed by atoms with van der Waals surface area (Å²) >= 11 is 0. The van der Waals surface area contributed by atoms with Crippen LogP contribution in [0, 0.1) is 0 Å². The molecule has 0 amide bonds. The van der Waals surface area contributed by atoms with Gasteiger partial charge in [-0.3, -0.25) is 0 Å².